The molecular weight excluding hydrogens is 326 g/mol. The van der Waals surface area contributed by atoms with Crippen molar-refractivity contribution in [3.05, 3.63) is 40.2 Å². The third kappa shape index (κ3) is 3.35. The number of carbonyl (C=O) groups is 2. The number of rotatable bonds is 4. The fourth-order valence-electron chi connectivity index (χ4n) is 3.01. The minimum atomic E-state index is -1.06. The molecule has 7 nitrogen and oxygen atoms in total. The summed E-state index contributed by atoms with van der Waals surface area (Å²) in [5.41, 5.74) is -0.621. The van der Waals surface area contributed by atoms with Gasteiger partial charge in [0, 0.05) is 18.0 Å². The van der Waals surface area contributed by atoms with Gasteiger partial charge in [-0.2, -0.15) is 0 Å². The van der Waals surface area contributed by atoms with Crippen LogP contribution in [0.25, 0.3) is 11.0 Å². The van der Waals surface area contributed by atoms with E-state index in [2.05, 4.69) is 0 Å². The van der Waals surface area contributed by atoms with Crippen LogP contribution in [0.2, 0.25) is 0 Å². The van der Waals surface area contributed by atoms with Crippen molar-refractivity contribution >= 4 is 22.8 Å². The number of carboxylic acids is 1. The van der Waals surface area contributed by atoms with Crippen molar-refractivity contribution in [2.75, 3.05) is 6.54 Å². The molecule has 1 aliphatic heterocycles. The fourth-order valence-corrected chi connectivity index (χ4v) is 3.01. The zero-order chi connectivity index (χ0) is 18.1. The quantitative estimate of drug-likeness (QED) is 0.854. The summed E-state index contributed by atoms with van der Waals surface area (Å²) in [7, 11) is 0. The largest absolute Gasteiger partial charge is 0.491 e. The molecule has 0 aliphatic carbocycles. The van der Waals surface area contributed by atoms with Crippen molar-refractivity contribution < 1.29 is 23.8 Å². The molecule has 2 aromatic rings. The SMILES string of the molecule is CC(C)Oc1ccc2cc(C(=O)N3CCCC3C(=O)O)c(=O)oc2c1. The van der Waals surface area contributed by atoms with Crippen molar-refractivity contribution in [2.45, 2.75) is 38.8 Å². The van der Waals surface area contributed by atoms with E-state index in [1.807, 2.05) is 13.8 Å². The van der Waals surface area contributed by atoms with Gasteiger partial charge in [-0.25, -0.2) is 9.59 Å². The van der Waals surface area contributed by atoms with Gasteiger partial charge >= 0.3 is 11.6 Å². The minimum Gasteiger partial charge on any atom is -0.491 e. The Labute approximate surface area is 143 Å². The molecule has 2 heterocycles. The molecule has 0 bridgehead atoms. The molecule has 1 aromatic carbocycles. The first kappa shape index (κ1) is 17.0. The van der Waals surface area contributed by atoms with Crippen LogP contribution in [0.4, 0.5) is 0 Å². The second kappa shape index (κ2) is 6.58. The average Bonchev–Trinajstić information content (AvgIpc) is 3.02. The third-order valence-electron chi connectivity index (χ3n) is 4.11. The van der Waals surface area contributed by atoms with Crippen LogP contribution in [0, 0.1) is 0 Å². The first-order valence-electron chi connectivity index (χ1n) is 8.15. The number of nitrogens with zero attached hydrogens (tertiary/aromatic N) is 1. The van der Waals surface area contributed by atoms with Gasteiger partial charge in [-0.05, 0) is 44.9 Å². The van der Waals surface area contributed by atoms with Crippen LogP contribution in [0.1, 0.15) is 37.0 Å². The molecule has 3 rings (SSSR count). The van der Waals surface area contributed by atoms with Crippen LogP contribution in [-0.2, 0) is 4.79 Å². The molecule has 25 heavy (non-hydrogen) atoms. The second-order valence-corrected chi connectivity index (χ2v) is 6.31. The number of amides is 1. The van der Waals surface area contributed by atoms with Crippen LogP contribution in [0.3, 0.4) is 0 Å². The lowest BCUT2D eigenvalue weighted by Crippen LogP contribution is -2.41. The molecule has 0 spiro atoms. The lowest BCUT2D eigenvalue weighted by Gasteiger charge is -2.20. The Morgan fingerprint density at radius 3 is 2.76 bits per heavy atom. The minimum absolute atomic E-state index is 0.0202. The van der Waals surface area contributed by atoms with E-state index in [9.17, 15) is 19.5 Å². The molecule has 1 aromatic heterocycles. The van der Waals surface area contributed by atoms with Gasteiger partial charge in [0.25, 0.3) is 5.91 Å². The highest BCUT2D eigenvalue weighted by Crippen LogP contribution is 2.24. The molecule has 132 valence electrons. The normalized spacial score (nSPS) is 17.2. The highest BCUT2D eigenvalue weighted by molar-refractivity contribution is 5.98. The summed E-state index contributed by atoms with van der Waals surface area (Å²) in [4.78, 5) is 37.3. The van der Waals surface area contributed by atoms with Crippen molar-refractivity contribution in [1.82, 2.24) is 4.90 Å². The zero-order valence-corrected chi connectivity index (χ0v) is 14.0. The van der Waals surface area contributed by atoms with Gasteiger partial charge in [-0.1, -0.05) is 0 Å². The highest BCUT2D eigenvalue weighted by Gasteiger charge is 2.35. The molecule has 1 atom stereocenters. The number of carbonyl (C=O) groups excluding carboxylic acids is 1. The van der Waals surface area contributed by atoms with Crippen molar-refractivity contribution in [3.63, 3.8) is 0 Å². The van der Waals surface area contributed by atoms with E-state index in [0.29, 0.717) is 36.1 Å². The molecular formula is C18H19NO6. The molecule has 1 aliphatic rings. The molecule has 1 N–H and O–H groups in total. The summed E-state index contributed by atoms with van der Waals surface area (Å²) < 4.78 is 10.8. The number of fused-ring (bicyclic) bond motifs is 1. The monoisotopic (exact) mass is 345 g/mol. The number of ether oxygens (including phenoxy) is 1. The van der Waals surface area contributed by atoms with Gasteiger partial charge in [0.05, 0.1) is 6.10 Å². The summed E-state index contributed by atoms with van der Waals surface area (Å²) in [5.74, 6) is -1.11. The standard InChI is InChI=1S/C18H19NO6/c1-10(2)24-12-6-5-11-8-13(18(23)25-15(11)9-12)16(20)19-7-3-4-14(19)17(21)22/h5-6,8-10,14H,3-4,7H2,1-2H3,(H,21,22). The Kier molecular flexibility index (Phi) is 4.48. The molecule has 1 fully saturated rings. The van der Waals surface area contributed by atoms with Gasteiger partial charge in [0.15, 0.2) is 0 Å². The fraction of sp³-hybridized carbons (Fsp3) is 0.389. The van der Waals surface area contributed by atoms with Crippen molar-refractivity contribution in [3.8, 4) is 5.75 Å². The highest BCUT2D eigenvalue weighted by atomic mass is 16.5. The zero-order valence-electron chi connectivity index (χ0n) is 14.0. The summed E-state index contributed by atoms with van der Waals surface area (Å²) in [6.45, 7) is 4.09. The lowest BCUT2D eigenvalue weighted by atomic mass is 10.1. The van der Waals surface area contributed by atoms with Gasteiger partial charge in [-0.15, -0.1) is 0 Å². The Morgan fingerprint density at radius 1 is 1.32 bits per heavy atom. The van der Waals surface area contributed by atoms with E-state index in [-0.39, 0.29) is 11.7 Å². The summed E-state index contributed by atoms with van der Waals surface area (Å²) in [6, 6.07) is 5.57. The van der Waals surface area contributed by atoms with Crippen LogP contribution in [0.15, 0.2) is 33.5 Å². The third-order valence-corrected chi connectivity index (χ3v) is 4.11. The van der Waals surface area contributed by atoms with Crippen LogP contribution in [0.5, 0.6) is 5.75 Å². The van der Waals surface area contributed by atoms with Gasteiger partial charge < -0.3 is 19.2 Å². The average molecular weight is 345 g/mol. The molecule has 0 radical (unpaired) electrons. The topological polar surface area (TPSA) is 97.0 Å². The number of benzene rings is 1. The van der Waals surface area contributed by atoms with E-state index in [1.54, 1.807) is 18.2 Å². The van der Waals surface area contributed by atoms with Crippen LogP contribution >= 0.6 is 0 Å². The predicted molar refractivity (Wildman–Crippen MR) is 89.9 cm³/mol. The first-order valence-corrected chi connectivity index (χ1v) is 8.15. The molecule has 0 saturated carbocycles. The second-order valence-electron chi connectivity index (χ2n) is 6.31. The maximum Gasteiger partial charge on any atom is 0.349 e. The predicted octanol–water partition coefficient (Wildman–Crippen LogP) is 2.27. The van der Waals surface area contributed by atoms with Gasteiger partial charge in [-0.3, -0.25) is 4.79 Å². The van der Waals surface area contributed by atoms with Crippen LogP contribution < -0.4 is 10.4 Å². The van der Waals surface area contributed by atoms with Gasteiger partial charge in [0.1, 0.15) is 22.9 Å². The van der Waals surface area contributed by atoms with Crippen LogP contribution in [-0.4, -0.2) is 40.6 Å². The summed E-state index contributed by atoms with van der Waals surface area (Å²) in [6.07, 6.45) is 0.959. The molecule has 7 heteroatoms. The number of carboxylic acid groups (broad SMARTS) is 1. The molecule has 1 amide bonds. The Balaban J connectivity index is 1.97. The smallest absolute Gasteiger partial charge is 0.349 e. The van der Waals surface area contributed by atoms with E-state index in [0.717, 1.165) is 0 Å². The number of hydrogen-bond acceptors (Lipinski definition) is 5. The maximum atomic E-state index is 12.6. The Bertz CT molecular complexity index is 885. The summed E-state index contributed by atoms with van der Waals surface area (Å²) >= 11 is 0. The van der Waals surface area contributed by atoms with E-state index < -0.39 is 23.5 Å². The maximum absolute atomic E-state index is 12.6. The lowest BCUT2D eigenvalue weighted by molar-refractivity contribution is -0.141. The Hall–Kier alpha value is -2.83. The van der Waals surface area contributed by atoms with E-state index in [1.165, 1.54) is 11.0 Å². The van der Waals surface area contributed by atoms with Gasteiger partial charge in [0.2, 0.25) is 0 Å². The van der Waals surface area contributed by atoms with E-state index in [4.69, 9.17) is 9.15 Å². The molecule has 1 saturated heterocycles. The summed E-state index contributed by atoms with van der Waals surface area (Å²) in [5, 5.41) is 9.79. The van der Waals surface area contributed by atoms with E-state index >= 15 is 0 Å². The number of likely N-dealkylation sites (tertiary alicyclic amines) is 1. The first-order chi connectivity index (χ1) is 11.9. The Morgan fingerprint density at radius 2 is 2.08 bits per heavy atom. The van der Waals surface area contributed by atoms with Crippen molar-refractivity contribution in [1.29, 1.82) is 0 Å². The number of hydrogen-bond donors (Lipinski definition) is 1. The molecule has 1 unspecified atom stereocenters. The van der Waals surface area contributed by atoms with Crippen molar-refractivity contribution in [2.24, 2.45) is 0 Å². The number of aliphatic carboxylic acids is 1.